The van der Waals surface area contributed by atoms with Crippen LogP contribution in [0, 0.1) is 10.2 Å². The van der Waals surface area contributed by atoms with E-state index < -0.39 is 10.2 Å². The van der Waals surface area contributed by atoms with Crippen LogP contribution in [0.5, 0.6) is 0 Å². The van der Waals surface area contributed by atoms with Gasteiger partial charge in [0.05, 0.1) is 32.6 Å². The van der Waals surface area contributed by atoms with Gasteiger partial charge >= 0.3 is 28.9 Å². The molecule has 3 N–H and O–H groups in total. The van der Waals surface area contributed by atoms with Crippen molar-refractivity contribution in [3.63, 3.8) is 0 Å². The molecule has 0 amide bonds. The van der Waals surface area contributed by atoms with Gasteiger partial charge in [0.2, 0.25) is 0 Å². The molecule has 5 nitrogen and oxygen atoms in total. The van der Waals surface area contributed by atoms with Gasteiger partial charge < -0.3 is 4.48 Å². The van der Waals surface area contributed by atoms with E-state index in [9.17, 15) is 0 Å². The van der Waals surface area contributed by atoms with Crippen LogP contribution in [0.4, 0.5) is 0 Å². The van der Waals surface area contributed by atoms with Crippen molar-refractivity contribution in [3.05, 3.63) is 0 Å². The van der Waals surface area contributed by atoms with Crippen LogP contribution >= 0.6 is 0 Å². The van der Waals surface area contributed by atoms with E-state index in [1.165, 1.54) is 17.4 Å². The third-order valence-corrected chi connectivity index (χ3v) is 2.92. The third-order valence-electron chi connectivity index (χ3n) is 2.92. The van der Waals surface area contributed by atoms with Gasteiger partial charge in [0, 0.05) is 0 Å². The Balaban J connectivity index is 0.000000252. The van der Waals surface area contributed by atoms with Crippen LogP contribution in [0.2, 0.25) is 0 Å². The molecule has 0 aromatic heterocycles. The monoisotopic (exact) mass is 216 g/mol. The molecule has 0 unspecified atom stereocenters. The van der Waals surface area contributed by atoms with Crippen molar-refractivity contribution < 1.29 is 33.4 Å². The number of quaternary nitrogens is 1. The van der Waals surface area contributed by atoms with Crippen molar-refractivity contribution in [1.29, 1.82) is 0 Å². The fourth-order valence-corrected chi connectivity index (χ4v) is 1.01. The Bertz CT molecular complexity index is 156. The molecule has 0 aliphatic carbocycles. The second kappa shape index (κ2) is 3.68. The zero-order valence-corrected chi connectivity index (χ0v) is 9.25. The fourth-order valence-electron chi connectivity index (χ4n) is 1.01. The van der Waals surface area contributed by atoms with E-state index >= 15 is 0 Å². The molecule has 0 radical (unpaired) electrons. The van der Waals surface area contributed by atoms with Gasteiger partial charge in [-0.25, -0.2) is 0 Å². The van der Waals surface area contributed by atoms with Crippen LogP contribution in [0.25, 0.3) is 0 Å². The molecule has 13 heavy (non-hydrogen) atoms. The first-order valence-electron chi connectivity index (χ1n) is 3.95. The molecule has 6 heteroatoms. The van der Waals surface area contributed by atoms with Crippen LogP contribution in [-0.2, 0) is 0 Å². The molecule has 82 valence electrons. The molecule has 0 bridgehead atoms. The normalized spacial score (nSPS) is 25.2. The minimum absolute atomic E-state index is 0.556. The average molecular weight is 217 g/mol. The molecule has 1 aliphatic rings. The Hall–Kier alpha value is 0.0900. The molecule has 1 aliphatic heterocycles. The Labute approximate surface area is 80.5 Å². The van der Waals surface area contributed by atoms with Crippen LogP contribution in [0.3, 0.4) is 0 Å². The summed E-state index contributed by atoms with van der Waals surface area (Å²) < 4.78 is 31.4. The van der Waals surface area contributed by atoms with E-state index in [1.807, 2.05) is 0 Å². The maximum absolute atomic E-state index is 8.83. The van der Waals surface area contributed by atoms with Crippen molar-refractivity contribution >= 4 is 0 Å². The van der Waals surface area contributed by atoms with Gasteiger partial charge in [0.25, 0.3) is 0 Å². The van der Waals surface area contributed by atoms with Crippen molar-refractivity contribution in [1.82, 2.24) is 0 Å². The van der Waals surface area contributed by atoms with E-state index in [0.717, 1.165) is 0 Å². The standard InChI is InChI=1S/C7H16N.ClH3O4/c1-7(2)5-6-8(7,3)4;2-1(3,4)5/h5-6H2,1-4H3;2-4H/q+1;. The summed E-state index contributed by atoms with van der Waals surface area (Å²) in [6.45, 7) is 6.01. The number of likely N-dealkylation sites (tertiary alicyclic amines) is 1. The quantitative estimate of drug-likeness (QED) is 0.426. The number of halogens is 1. The second-order valence-electron chi connectivity index (χ2n) is 4.40. The molecule has 0 aromatic carbocycles. The molecule has 1 rings (SSSR count). The molecule has 0 spiro atoms. The van der Waals surface area contributed by atoms with Crippen molar-refractivity contribution in [3.8, 4) is 0 Å². The van der Waals surface area contributed by atoms with Gasteiger partial charge in [0.15, 0.2) is 0 Å². The molecule has 1 saturated heterocycles. The van der Waals surface area contributed by atoms with Crippen LogP contribution < -0.4 is 4.66 Å². The van der Waals surface area contributed by atoms with Gasteiger partial charge in [-0.2, -0.15) is 0 Å². The van der Waals surface area contributed by atoms with Gasteiger partial charge in [-0.1, -0.05) is 0 Å². The van der Waals surface area contributed by atoms with E-state index in [1.54, 1.807) is 0 Å². The van der Waals surface area contributed by atoms with Gasteiger partial charge in [0.1, 0.15) is 0 Å². The van der Waals surface area contributed by atoms with Gasteiger partial charge in [-0.3, -0.25) is 0 Å². The maximum atomic E-state index is 8.83. The summed E-state index contributed by atoms with van der Waals surface area (Å²) >= 11 is 0. The summed E-state index contributed by atoms with van der Waals surface area (Å²) in [5.41, 5.74) is 0.556. The number of hydrogen-bond acceptors (Lipinski definition) is 4. The summed E-state index contributed by atoms with van der Waals surface area (Å²) in [5.74, 6) is 0. The first kappa shape index (κ1) is 13.1. The van der Waals surface area contributed by atoms with Gasteiger partial charge in [-0.05, 0) is 13.8 Å². The Morgan fingerprint density at radius 1 is 1.23 bits per heavy atom. The predicted molar refractivity (Wildman–Crippen MR) is 42.3 cm³/mol. The topological polar surface area (TPSA) is 83.8 Å². The molecule has 1 heterocycles. The van der Waals surface area contributed by atoms with Crippen LogP contribution in [0.1, 0.15) is 20.3 Å². The summed E-state index contributed by atoms with van der Waals surface area (Å²) in [6.07, 6.45) is 1.39. The molecule has 0 saturated carbocycles. The number of hydrogen-bond donors (Lipinski definition) is 3. The Morgan fingerprint density at radius 2 is 1.46 bits per heavy atom. The van der Waals surface area contributed by atoms with E-state index in [0.29, 0.717) is 5.54 Å². The van der Waals surface area contributed by atoms with Crippen molar-refractivity contribution in [2.24, 2.45) is 0 Å². The average Bonchev–Trinajstić information content (AvgIpc) is 1.82. The molecular formula is C7H19ClNO4+. The van der Waals surface area contributed by atoms with E-state index in [2.05, 4.69) is 27.9 Å². The molecule has 0 atom stereocenters. The fraction of sp³-hybridized carbons (Fsp3) is 1.00. The second-order valence-corrected chi connectivity index (χ2v) is 5.27. The van der Waals surface area contributed by atoms with E-state index in [4.69, 9.17) is 18.6 Å². The third kappa shape index (κ3) is 4.75. The SMILES string of the molecule is CC1(C)CC[N+]1(C)C.[O-][Cl+](O)(O)O. The zero-order chi connectivity index (χ0) is 10.9. The molecular weight excluding hydrogens is 198 g/mol. The number of rotatable bonds is 0. The summed E-state index contributed by atoms with van der Waals surface area (Å²) in [4.78, 5) is 0. The Morgan fingerprint density at radius 3 is 1.46 bits per heavy atom. The number of nitrogens with zero attached hydrogens (tertiary/aromatic N) is 1. The summed E-state index contributed by atoms with van der Waals surface area (Å²) in [6, 6.07) is 0. The van der Waals surface area contributed by atoms with Gasteiger partial charge in [-0.15, -0.1) is 0 Å². The Kier molecular flexibility index (Phi) is 3.71. The van der Waals surface area contributed by atoms with Crippen molar-refractivity contribution in [2.45, 2.75) is 25.8 Å². The summed E-state index contributed by atoms with van der Waals surface area (Å²) in [7, 11) is 0.396. The zero-order valence-electron chi connectivity index (χ0n) is 8.49. The van der Waals surface area contributed by atoms with Crippen molar-refractivity contribution in [2.75, 3.05) is 20.6 Å². The van der Waals surface area contributed by atoms with Crippen LogP contribution in [-0.4, -0.2) is 44.6 Å². The first-order valence-corrected chi connectivity index (χ1v) is 5.27. The predicted octanol–water partition coefficient (Wildman–Crippen LogP) is -1.61. The minimum atomic E-state index is -4.19. The van der Waals surface area contributed by atoms with Crippen LogP contribution in [0.15, 0.2) is 0 Å². The first-order chi connectivity index (χ1) is 5.46. The molecule has 1 fully saturated rings. The van der Waals surface area contributed by atoms with E-state index in [-0.39, 0.29) is 0 Å². The summed E-state index contributed by atoms with van der Waals surface area (Å²) in [5, 5.41) is 0. The molecule has 0 aromatic rings.